The molecule has 1 aromatic rings. The molecule has 0 amide bonds. The maximum atomic E-state index is 2.38. The van der Waals surface area contributed by atoms with E-state index in [4.69, 9.17) is 0 Å². The fraction of sp³-hybridized carbons (Fsp3) is 0.333. The van der Waals surface area contributed by atoms with Crippen LogP contribution in [0.15, 0.2) is 53.6 Å². The average molecular weight is 196 g/mol. The van der Waals surface area contributed by atoms with E-state index in [1.165, 1.54) is 31.2 Å². The van der Waals surface area contributed by atoms with Crippen LogP contribution in [0.4, 0.5) is 0 Å². The van der Waals surface area contributed by atoms with Gasteiger partial charge in [-0.25, -0.2) is 0 Å². The van der Waals surface area contributed by atoms with Gasteiger partial charge >= 0.3 is 0 Å². The molecule has 0 saturated heterocycles. The molecular formula is C15H16. The lowest BCUT2D eigenvalue weighted by molar-refractivity contribution is 0.666. The van der Waals surface area contributed by atoms with Crippen LogP contribution in [-0.4, -0.2) is 0 Å². The number of hydrogen-bond acceptors (Lipinski definition) is 0. The first-order valence-electron chi connectivity index (χ1n) is 5.90. The minimum atomic E-state index is 0.585. The summed E-state index contributed by atoms with van der Waals surface area (Å²) in [7, 11) is 0. The Morgan fingerprint density at radius 3 is 2.60 bits per heavy atom. The van der Waals surface area contributed by atoms with Crippen molar-refractivity contribution in [2.45, 2.75) is 31.6 Å². The van der Waals surface area contributed by atoms with Gasteiger partial charge in [-0.15, -0.1) is 0 Å². The van der Waals surface area contributed by atoms with Gasteiger partial charge in [0.15, 0.2) is 0 Å². The Labute approximate surface area is 91.3 Å². The van der Waals surface area contributed by atoms with Gasteiger partial charge in [0.05, 0.1) is 0 Å². The molecule has 2 aliphatic carbocycles. The predicted octanol–water partition coefficient (Wildman–Crippen LogP) is 4.21. The first-order chi connectivity index (χ1) is 7.45. The number of rotatable bonds is 1. The highest BCUT2D eigenvalue weighted by Crippen LogP contribution is 2.41. The number of benzene rings is 1. The summed E-state index contributed by atoms with van der Waals surface area (Å²) in [4.78, 5) is 0. The third-order valence-corrected chi connectivity index (χ3v) is 3.58. The van der Waals surface area contributed by atoms with Crippen molar-refractivity contribution in [3.8, 4) is 0 Å². The molecule has 3 rings (SSSR count). The lowest BCUT2D eigenvalue weighted by atomic mass is 9.85. The summed E-state index contributed by atoms with van der Waals surface area (Å²) in [6, 6.07) is 10.9. The van der Waals surface area contributed by atoms with Gasteiger partial charge in [-0.3, -0.25) is 0 Å². The van der Waals surface area contributed by atoms with E-state index in [9.17, 15) is 0 Å². The molecule has 0 N–H and O–H groups in total. The van der Waals surface area contributed by atoms with Gasteiger partial charge in [-0.05, 0) is 36.8 Å². The summed E-state index contributed by atoms with van der Waals surface area (Å²) in [5, 5.41) is 0. The molecule has 0 nitrogen and oxygen atoms in total. The first-order valence-corrected chi connectivity index (χ1v) is 5.90. The molecule has 0 heterocycles. The third kappa shape index (κ3) is 1.54. The van der Waals surface area contributed by atoms with E-state index >= 15 is 0 Å². The molecule has 0 radical (unpaired) electrons. The first kappa shape index (κ1) is 8.96. The SMILES string of the molecule is C1=C[C@@H](c2ccccc2)C2=C1CCCC2. The molecule has 0 saturated carbocycles. The van der Waals surface area contributed by atoms with E-state index in [-0.39, 0.29) is 0 Å². The minimum absolute atomic E-state index is 0.585. The molecule has 0 heteroatoms. The van der Waals surface area contributed by atoms with E-state index in [1.807, 2.05) is 0 Å². The van der Waals surface area contributed by atoms with E-state index in [0.717, 1.165) is 0 Å². The summed E-state index contributed by atoms with van der Waals surface area (Å²) >= 11 is 0. The van der Waals surface area contributed by atoms with Crippen LogP contribution in [0.1, 0.15) is 37.2 Å². The largest absolute Gasteiger partial charge is 0.0727 e. The lowest BCUT2D eigenvalue weighted by Gasteiger charge is -2.19. The van der Waals surface area contributed by atoms with Crippen LogP contribution < -0.4 is 0 Å². The van der Waals surface area contributed by atoms with Crippen LogP contribution in [0.3, 0.4) is 0 Å². The standard InChI is InChI=1S/C15H16/c1-2-6-12(7-3-1)15-11-10-13-8-4-5-9-14(13)15/h1-3,6-7,10-11,15H,4-5,8-9H2/t15-/m0/s1. The predicted molar refractivity (Wildman–Crippen MR) is 63.8 cm³/mol. The van der Waals surface area contributed by atoms with Crippen molar-refractivity contribution in [3.05, 3.63) is 59.2 Å². The average Bonchev–Trinajstić information content (AvgIpc) is 2.74. The molecule has 1 atom stereocenters. The second-order valence-electron chi connectivity index (χ2n) is 4.51. The van der Waals surface area contributed by atoms with E-state index in [0.29, 0.717) is 5.92 Å². The summed E-state index contributed by atoms with van der Waals surface area (Å²) in [5.41, 5.74) is 4.77. The molecular weight excluding hydrogens is 180 g/mol. The molecule has 15 heavy (non-hydrogen) atoms. The van der Waals surface area contributed by atoms with Crippen molar-refractivity contribution in [3.63, 3.8) is 0 Å². The molecule has 0 aliphatic heterocycles. The zero-order valence-corrected chi connectivity index (χ0v) is 8.95. The van der Waals surface area contributed by atoms with Crippen LogP contribution >= 0.6 is 0 Å². The Kier molecular flexibility index (Phi) is 2.21. The van der Waals surface area contributed by atoms with Crippen LogP contribution in [-0.2, 0) is 0 Å². The highest BCUT2D eigenvalue weighted by molar-refractivity contribution is 5.46. The van der Waals surface area contributed by atoms with Crippen molar-refractivity contribution >= 4 is 0 Å². The topological polar surface area (TPSA) is 0 Å². The molecule has 0 spiro atoms. The van der Waals surface area contributed by atoms with Crippen molar-refractivity contribution in [1.82, 2.24) is 0 Å². The minimum Gasteiger partial charge on any atom is -0.0727 e. The fourth-order valence-electron chi connectivity index (χ4n) is 2.80. The van der Waals surface area contributed by atoms with Crippen molar-refractivity contribution in [2.75, 3.05) is 0 Å². The second-order valence-corrected chi connectivity index (χ2v) is 4.51. The maximum absolute atomic E-state index is 2.38. The Bertz CT molecular complexity index is 409. The van der Waals surface area contributed by atoms with Gasteiger partial charge in [0.1, 0.15) is 0 Å². The lowest BCUT2D eigenvalue weighted by Crippen LogP contribution is -2.02. The summed E-state index contributed by atoms with van der Waals surface area (Å²) in [6.45, 7) is 0. The van der Waals surface area contributed by atoms with Gasteiger partial charge < -0.3 is 0 Å². The van der Waals surface area contributed by atoms with Crippen molar-refractivity contribution < 1.29 is 0 Å². The smallest absolute Gasteiger partial charge is 0.0237 e. The number of allylic oxidation sites excluding steroid dienone is 4. The van der Waals surface area contributed by atoms with Crippen LogP contribution in [0, 0.1) is 0 Å². The molecule has 0 aromatic heterocycles. The van der Waals surface area contributed by atoms with Gasteiger partial charge in [-0.2, -0.15) is 0 Å². The normalized spacial score (nSPS) is 24.4. The quantitative estimate of drug-likeness (QED) is 0.631. The van der Waals surface area contributed by atoms with Gasteiger partial charge in [-0.1, -0.05) is 48.1 Å². The van der Waals surface area contributed by atoms with E-state index < -0.39 is 0 Å². The molecule has 1 aromatic carbocycles. The van der Waals surface area contributed by atoms with Crippen LogP contribution in [0.2, 0.25) is 0 Å². The summed E-state index contributed by atoms with van der Waals surface area (Å²) in [5.74, 6) is 0.585. The Morgan fingerprint density at radius 1 is 0.933 bits per heavy atom. The van der Waals surface area contributed by atoms with E-state index in [1.54, 1.807) is 11.1 Å². The van der Waals surface area contributed by atoms with Gasteiger partial charge in [0, 0.05) is 5.92 Å². The van der Waals surface area contributed by atoms with E-state index in [2.05, 4.69) is 42.5 Å². The zero-order chi connectivity index (χ0) is 10.1. The van der Waals surface area contributed by atoms with Crippen molar-refractivity contribution in [1.29, 1.82) is 0 Å². The molecule has 0 bridgehead atoms. The third-order valence-electron chi connectivity index (χ3n) is 3.58. The Morgan fingerprint density at radius 2 is 1.73 bits per heavy atom. The highest BCUT2D eigenvalue weighted by atomic mass is 14.3. The molecule has 0 fully saturated rings. The van der Waals surface area contributed by atoms with Crippen LogP contribution in [0.25, 0.3) is 0 Å². The van der Waals surface area contributed by atoms with Gasteiger partial charge in [0.25, 0.3) is 0 Å². The summed E-state index contributed by atoms with van der Waals surface area (Å²) < 4.78 is 0. The zero-order valence-electron chi connectivity index (χ0n) is 8.95. The number of hydrogen-bond donors (Lipinski definition) is 0. The van der Waals surface area contributed by atoms with Crippen molar-refractivity contribution in [2.24, 2.45) is 0 Å². The van der Waals surface area contributed by atoms with Gasteiger partial charge in [0.2, 0.25) is 0 Å². The molecule has 2 aliphatic rings. The summed E-state index contributed by atoms with van der Waals surface area (Å²) in [6.07, 6.45) is 10.1. The maximum Gasteiger partial charge on any atom is 0.0237 e. The Hall–Kier alpha value is -1.30. The highest BCUT2D eigenvalue weighted by Gasteiger charge is 2.23. The Balaban J connectivity index is 1.96. The monoisotopic (exact) mass is 196 g/mol. The fourth-order valence-corrected chi connectivity index (χ4v) is 2.80. The molecule has 0 unspecified atom stereocenters. The van der Waals surface area contributed by atoms with Crippen LogP contribution in [0.5, 0.6) is 0 Å². The second kappa shape index (κ2) is 3.69. The molecule has 76 valence electrons.